The number of likely N-dealkylation sites (tertiary alicyclic amines) is 1. The van der Waals surface area contributed by atoms with Crippen LogP contribution in [0, 0.1) is 17.8 Å². The van der Waals surface area contributed by atoms with Crippen LogP contribution in [-0.2, 0) is 6.54 Å². The van der Waals surface area contributed by atoms with E-state index in [-0.39, 0.29) is 11.9 Å². The summed E-state index contributed by atoms with van der Waals surface area (Å²) in [5.74, 6) is 6.67. The molecule has 0 bridgehead atoms. The van der Waals surface area contributed by atoms with Crippen LogP contribution >= 0.6 is 0 Å². The van der Waals surface area contributed by atoms with E-state index in [0.29, 0.717) is 11.7 Å². The molecule has 9 heteroatoms. The highest BCUT2D eigenvalue weighted by molar-refractivity contribution is 6.02. The predicted octanol–water partition coefficient (Wildman–Crippen LogP) is 2.98. The second kappa shape index (κ2) is 7.76. The summed E-state index contributed by atoms with van der Waals surface area (Å²) >= 11 is 0. The van der Waals surface area contributed by atoms with Gasteiger partial charge in [0.05, 0.1) is 24.0 Å². The molecule has 1 unspecified atom stereocenters. The third-order valence-corrected chi connectivity index (χ3v) is 7.89. The standard InChI is InChI=1S/C27H30N8O/c1-3-34-15-22-25(32-34)24(31-26(28)30-22)21-14-35(19-12-33(13-19)18-6-7-18)23-11-29-17(10-20(21)23)8-9-27(2,36)16-4-5-16/h10-11,14-16,18-19,36H,3-7,12-13H2,1-2H3,(H2,28,30). The van der Waals surface area contributed by atoms with Crippen molar-refractivity contribution in [2.75, 3.05) is 18.8 Å². The molecule has 3 aliphatic rings. The predicted molar refractivity (Wildman–Crippen MR) is 138 cm³/mol. The fourth-order valence-electron chi connectivity index (χ4n) is 5.37. The van der Waals surface area contributed by atoms with E-state index in [4.69, 9.17) is 10.8 Å². The van der Waals surface area contributed by atoms with Gasteiger partial charge in [0.15, 0.2) is 0 Å². The fourth-order valence-corrected chi connectivity index (χ4v) is 5.37. The molecule has 3 fully saturated rings. The Morgan fingerprint density at radius 2 is 1.94 bits per heavy atom. The smallest absolute Gasteiger partial charge is 0.221 e. The zero-order valence-electron chi connectivity index (χ0n) is 20.6. The minimum atomic E-state index is -0.982. The Kier molecular flexibility index (Phi) is 4.69. The van der Waals surface area contributed by atoms with Gasteiger partial charge in [0.2, 0.25) is 5.95 Å². The highest BCUT2D eigenvalue weighted by Crippen LogP contribution is 2.40. The number of aliphatic hydroxyl groups is 1. The molecule has 0 amide bonds. The lowest BCUT2D eigenvalue weighted by atomic mass is 10.0. The zero-order valence-corrected chi connectivity index (χ0v) is 20.6. The number of hydrogen-bond acceptors (Lipinski definition) is 7. The van der Waals surface area contributed by atoms with Crippen molar-refractivity contribution in [2.24, 2.45) is 5.92 Å². The molecule has 36 heavy (non-hydrogen) atoms. The van der Waals surface area contributed by atoms with E-state index in [1.165, 1.54) is 12.8 Å². The average molecular weight is 483 g/mol. The first-order valence-corrected chi connectivity index (χ1v) is 12.9. The molecule has 1 aliphatic heterocycles. The molecule has 184 valence electrons. The largest absolute Gasteiger partial charge is 0.378 e. The van der Waals surface area contributed by atoms with Crippen LogP contribution in [0.15, 0.2) is 24.7 Å². The Morgan fingerprint density at radius 3 is 2.67 bits per heavy atom. The molecule has 0 radical (unpaired) electrons. The van der Waals surface area contributed by atoms with E-state index >= 15 is 0 Å². The maximum atomic E-state index is 10.7. The van der Waals surface area contributed by atoms with Crippen molar-refractivity contribution in [3.8, 4) is 23.1 Å². The summed E-state index contributed by atoms with van der Waals surface area (Å²) in [4.78, 5) is 16.3. The molecule has 4 aromatic heterocycles. The zero-order chi connectivity index (χ0) is 24.6. The minimum Gasteiger partial charge on any atom is -0.378 e. The Morgan fingerprint density at radius 1 is 1.14 bits per heavy atom. The van der Waals surface area contributed by atoms with Gasteiger partial charge in [-0.1, -0.05) is 5.92 Å². The fraction of sp³-hybridized carbons (Fsp3) is 0.481. The number of nitrogens with zero attached hydrogens (tertiary/aromatic N) is 7. The number of rotatable bonds is 5. The van der Waals surface area contributed by atoms with Crippen LogP contribution in [0.4, 0.5) is 5.95 Å². The van der Waals surface area contributed by atoms with Crippen LogP contribution in [0.25, 0.3) is 33.2 Å². The third kappa shape index (κ3) is 3.64. The monoisotopic (exact) mass is 482 g/mol. The van der Waals surface area contributed by atoms with Crippen molar-refractivity contribution in [3.63, 3.8) is 0 Å². The highest BCUT2D eigenvalue weighted by atomic mass is 16.3. The van der Waals surface area contributed by atoms with E-state index in [0.717, 1.165) is 71.7 Å². The molecule has 3 N–H and O–H groups in total. The van der Waals surface area contributed by atoms with Crippen molar-refractivity contribution in [2.45, 2.75) is 63.8 Å². The number of hydrogen-bond donors (Lipinski definition) is 2. The van der Waals surface area contributed by atoms with Crippen LogP contribution in [0.2, 0.25) is 0 Å². The van der Waals surface area contributed by atoms with Gasteiger partial charge in [0.25, 0.3) is 0 Å². The Bertz CT molecular complexity index is 1560. The molecule has 2 aliphatic carbocycles. The molecule has 7 rings (SSSR count). The Balaban J connectivity index is 1.37. The summed E-state index contributed by atoms with van der Waals surface area (Å²) in [6.45, 7) is 6.67. The molecule has 2 saturated carbocycles. The number of nitrogen functional groups attached to an aromatic ring is 1. The number of fused-ring (bicyclic) bond motifs is 2. The van der Waals surface area contributed by atoms with Gasteiger partial charge in [0, 0.05) is 42.8 Å². The van der Waals surface area contributed by atoms with E-state index < -0.39 is 5.60 Å². The van der Waals surface area contributed by atoms with E-state index in [1.807, 2.05) is 30.1 Å². The van der Waals surface area contributed by atoms with Crippen LogP contribution in [0.1, 0.15) is 51.3 Å². The number of aromatic nitrogens is 6. The van der Waals surface area contributed by atoms with Gasteiger partial charge < -0.3 is 15.4 Å². The van der Waals surface area contributed by atoms with Crippen molar-refractivity contribution in [1.82, 2.24) is 34.2 Å². The van der Waals surface area contributed by atoms with Crippen LogP contribution in [-0.4, -0.2) is 64.0 Å². The second-order valence-corrected chi connectivity index (χ2v) is 10.7. The number of aryl methyl sites for hydroxylation is 1. The van der Waals surface area contributed by atoms with E-state index in [2.05, 4.69) is 42.5 Å². The molecular formula is C27H30N8O. The minimum absolute atomic E-state index is 0.229. The first-order valence-electron chi connectivity index (χ1n) is 12.9. The summed E-state index contributed by atoms with van der Waals surface area (Å²) in [6, 6.07) is 3.16. The summed E-state index contributed by atoms with van der Waals surface area (Å²) < 4.78 is 4.19. The topological polar surface area (TPSA) is 111 Å². The van der Waals surface area contributed by atoms with Gasteiger partial charge in [-0.05, 0) is 57.4 Å². The quantitative estimate of drug-likeness (QED) is 0.421. The Labute approximate surface area is 209 Å². The molecule has 1 saturated heterocycles. The first-order chi connectivity index (χ1) is 17.4. The van der Waals surface area contributed by atoms with Crippen LogP contribution < -0.4 is 5.73 Å². The SMILES string of the molecule is CCn1cc2nc(N)nc(-c3cn(C4CN(C5CC5)C4)c4cnc(C#CC(C)(O)C5CC5)cc34)c2n1. The van der Waals surface area contributed by atoms with Gasteiger partial charge in [-0.15, -0.1) is 0 Å². The summed E-state index contributed by atoms with van der Waals surface area (Å²) in [7, 11) is 0. The van der Waals surface area contributed by atoms with Crippen molar-refractivity contribution in [1.29, 1.82) is 0 Å². The van der Waals surface area contributed by atoms with Crippen molar-refractivity contribution >= 4 is 27.9 Å². The Hall–Kier alpha value is -3.48. The third-order valence-electron chi connectivity index (χ3n) is 7.89. The molecule has 9 nitrogen and oxygen atoms in total. The lowest BCUT2D eigenvalue weighted by Gasteiger charge is -2.40. The molecule has 0 spiro atoms. The van der Waals surface area contributed by atoms with Crippen LogP contribution in [0.5, 0.6) is 0 Å². The van der Waals surface area contributed by atoms with E-state index in [1.54, 1.807) is 6.92 Å². The van der Waals surface area contributed by atoms with Crippen LogP contribution in [0.3, 0.4) is 0 Å². The number of anilines is 1. The number of nitrogens with two attached hydrogens (primary N) is 1. The summed E-state index contributed by atoms with van der Waals surface area (Å²) in [5, 5.41) is 16.4. The van der Waals surface area contributed by atoms with Crippen molar-refractivity contribution in [3.05, 3.63) is 30.4 Å². The van der Waals surface area contributed by atoms with Gasteiger partial charge in [0.1, 0.15) is 28.0 Å². The molecule has 5 heterocycles. The molecular weight excluding hydrogens is 452 g/mol. The lowest BCUT2D eigenvalue weighted by molar-refractivity contribution is 0.0980. The maximum Gasteiger partial charge on any atom is 0.221 e. The second-order valence-electron chi connectivity index (χ2n) is 10.7. The average Bonchev–Trinajstić information content (AvgIpc) is 3.76. The van der Waals surface area contributed by atoms with Gasteiger partial charge in [-0.25, -0.2) is 15.0 Å². The summed E-state index contributed by atoms with van der Waals surface area (Å²) in [6.07, 6.45) is 10.7. The van der Waals surface area contributed by atoms with Gasteiger partial charge in [-0.3, -0.25) is 9.58 Å². The van der Waals surface area contributed by atoms with Gasteiger partial charge in [-0.2, -0.15) is 5.10 Å². The highest BCUT2D eigenvalue weighted by Gasteiger charge is 2.40. The van der Waals surface area contributed by atoms with Gasteiger partial charge >= 0.3 is 0 Å². The summed E-state index contributed by atoms with van der Waals surface area (Å²) in [5.41, 5.74) is 9.99. The molecule has 4 aromatic rings. The first kappa shape index (κ1) is 21.8. The maximum absolute atomic E-state index is 10.7. The molecule has 0 aromatic carbocycles. The lowest BCUT2D eigenvalue weighted by Crippen LogP contribution is -2.48. The normalized spacial score (nSPS) is 20.3. The van der Waals surface area contributed by atoms with E-state index in [9.17, 15) is 5.11 Å². The number of pyridine rings is 1. The van der Waals surface area contributed by atoms with Crippen molar-refractivity contribution < 1.29 is 5.11 Å². The molecule has 1 atom stereocenters.